The Balaban J connectivity index is 1.82. The lowest BCUT2D eigenvalue weighted by atomic mass is 10.0. The predicted octanol–water partition coefficient (Wildman–Crippen LogP) is 0.107. The number of rotatable bonds is 6. The maximum Gasteiger partial charge on any atom is 0.320 e. The number of carbonyl (C=O) groups is 1. The minimum Gasteiger partial charge on any atom is -0.480 e. The number of hydrogen-bond donors (Lipinski definition) is 2. The van der Waals surface area contributed by atoms with Crippen LogP contribution in [0.25, 0.3) is 0 Å². The molecule has 0 aliphatic carbocycles. The first-order valence-electron chi connectivity index (χ1n) is 7.14. The van der Waals surface area contributed by atoms with E-state index >= 15 is 0 Å². The van der Waals surface area contributed by atoms with Crippen LogP contribution in [0.3, 0.4) is 0 Å². The zero-order valence-electron chi connectivity index (χ0n) is 11.9. The molecular weight excluding hydrogens is 258 g/mol. The first-order chi connectivity index (χ1) is 9.56. The lowest BCUT2D eigenvalue weighted by Gasteiger charge is -2.32. The van der Waals surface area contributed by atoms with Crippen LogP contribution in [0.4, 0.5) is 0 Å². The monoisotopic (exact) mass is 281 g/mol. The van der Waals surface area contributed by atoms with Gasteiger partial charge < -0.3 is 15.7 Å². The molecule has 20 heavy (non-hydrogen) atoms. The minimum absolute atomic E-state index is 0.221. The molecule has 112 valence electrons. The summed E-state index contributed by atoms with van der Waals surface area (Å²) in [6.07, 6.45) is 6.88. The molecule has 3 N–H and O–H groups in total. The number of carboxylic acids is 1. The number of nitrogens with zero attached hydrogens (tertiary/aromatic N) is 4. The molecule has 7 heteroatoms. The number of likely N-dealkylation sites (tertiary alicyclic amines) is 1. The van der Waals surface area contributed by atoms with E-state index in [-0.39, 0.29) is 6.42 Å². The van der Waals surface area contributed by atoms with E-state index in [2.05, 4.69) is 22.3 Å². The number of aliphatic carboxylic acids is 1. The van der Waals surface area contributed by atoms with E-state index in [1.54, 1.807) is 10.9 Å². The molecule has 1 aliphatic heterocycles. The topological polar surface area (TPSA) is 97.3 Å². The van der Waals surface area contributed by atoms with E-state index in [0.717, 1.165) is 13.0 Å². The van der Waals surface area contributed by atoms with Gasteiger partial charge in [0, 0.05) is 25.2 Å². The highest BCUT2D eigenvalue weighted by Crippen LogP contribution is 2.18. The predicted molar refractivity (Wildman–Crippen MR) is 74.2 cm³/mol. The average Bonchev–Trinajstić information content (AvgIpc) is 2.85. The Hall–Kier alpha value is -1.47. The average molecular weight is 281 g/mol. The van der Waals surface area contributed by atoms with Gasteiger partial charge in [0.25, 0.3) is 0 Å². The van der Waals surface area contributed by atoms with Crippen LogP contribution < -0.4 is 5.73 Å². The Morgan fingerprint density at radius 1 is 1.60 bits per heavy atom. The van der Waals surface area contributed by atoms with Crippen molar-refractivity contribution in [1.29, 1.82) is 0 Å². The fourth-order valence-electron chi connectivity index (χ4n) is 2.64. The van der Waals surface area contributed by atoms with Crippen LogP contribution in [0, 0.1) is 0 Å². The molecule has 0 bridgehead atoms. The third kappa shape index (κ3) is 4.01. The Morgan fingerprint density at radius 3 is 3.10 bits per heavy atom. The molecule has 0 radical (unpaired) electrons. The maximum atomic E-state index is 10.7. The van der Waals surface area contributed by atoms with Crippen LogP contribution in [-0.4, -0.2) is 56.6 Å². The summed E-state index contributed by atoms with van der Waals surface area (Å²) >= 11 is 0. The number of piperidine rings is 1. The molecule has 1 aromatic heterocycles. The van der Waals surface area contributed by atoms with E-state index in [1.807, 2.05) is 0 Å². The van der Waals surface area contributed by atoms with Crippen LogP contribution >= 0.6 is 0 Å². The molecule has 1 fully saturated rings. The van der Waals surface area contributed by atoms with Gasteiger partial charge in [0.05, 0.1) is 5.69 Å². The lowest BCUT2D eigenvalue weighted by molar-refractivity contribution is -0.138. The molecule has 2 heterocycles. The van der Waals surface area contributed by atoms with Gasteiger partial charge in [-0.1, -0.05) is 11.6 Å². The molecule has 1 aromatic rings. The second kappa shape index (κ2) is 6.81. The van der Waals surface area contributed by atoms with Crippen molar-refractivity contribution in [2.24, 2.45) is 5.73 Å². The zero-order chi connectivity index (χ0) is 14.5. The van der Waals surface area contributed by atoms with E-state index < -0.39 is 12.0 Å². The van der Waals surface area contributed by atoms with E-state index in [9.17, 15) is 4.79 Å². The minimum atomic E-state index is -1.01. The third-order valence-corrected chi connectivity index (χ3v) is 3.95. The van der Waals surface area contributed by atoms with Gasteiger partial charge in [0.2, 0.25) is 0 Å². The standard InChI is InChI=1S/C13H23N5O2/c1-17-6-3-2-4-11(17)5-7-18-9-10(15-16-18)8-12(14)13(19)20/h9,11-12H,2-8,14H2,1H3,(H,19,20). The summed E-state index contributed by atoms with van der Waals surface area (Å²) in [4.78, 5) is 13.1. The summed E-state index contributed by atoms with van der Waals surface area (Å²) in [5.74, 6) is -1.01. The van der Waals surface area contributed by atoms with Crippen LogP contribution in [0.5, 0.6) is 0 Å². The summed E-state index contributed by atoms with van der Waals surface area (Å²) in [6.45, 7) is 1.98. The summed E-state index contributed by atoms with van der Waals surface area (Å²) in [5, 5.41) is 16.8. The summed E-state index contributed by atoms with van der Waals surface area (Å²) in [7, 11) is 2.17. The van der Waals surface area contributed by atoms with Gasteiger partial charge >= 0.3 is 5.97 Å². The molecule has 7 nitrogen and oxygen atoms in total. The summed E-state index contributed by atoms with van der Waals surface area (Å²) in [5.41, 5.74) is 6.12. The van der Waals surface area contributed by atoms with Gasteiger partial charge in [-0.25, -0.2) is 0 Å². The Morgan fingerprint density at radius 2 is 2.40 bits per heavy atom. The van der Waals surface area contributed by atoms with Crippen LogP contribution in [-0.2, 0) is 17.8 Å². The molecular formula is C13H23N5O2. The fourth-order valence-corrected chi connectivity index (χ4v) is 2.64. The number of carboxylic acid groups (broad SMARTS) is 1. The molecule has 2 rings (SSSR count). The second-order valence-corrected chi connectivity index (χ2v) is 5.54. The zero-order valence-corrected chi connectivity index (χ0v) is 11.9. The SMILES string of the molecule is CN1CCCCC1CCn1cc(CC(N)C(=O)O)nn1. The van der Waals surface area contributed by atoms with Crippen LogP contribution in [0.15, 0.2) is 6.20 Å². The lowest BCUT2D eigenvalue weighted by Crippen LogP contribution is -2.36. The van der Waals surface area contributed by atoms with Gasteiger partial charge in [-0.3, -0.25) is 9.48 Å². The van der Waals surface area contributed by atoms with Crippen molar-refractivity contribution in [3.05, 3.63) is 11.9 Å². The van der Waals surface area contributed by atoms with Gasteiger partial charge in [-0.2, -0.15) is 0 Å². The van der Waals surface area contributed by atoms with Crippen molar-refractivity contribution in [3.63, 3.8) is 0 Å². The highest BCUT2D eigenvalue weighted by atomic mass is 16.4. The van der Waals surface area contributed by atoms with Crippen molar-refractivity contribution in [2.75, 3.05) is 13.6 Å². The molecule has 0 saturated carbocycles. The molecule has 2 atom stereocenters. The smallest absolute Gasteiger partial charge is 0.320 e. The summed E-state index contributed by atoms with van der Waals surface area (Å²) in [6, 6.07) is -0.303. The number of nitrogens with two attached hydrogens (primary N) is 1. The molecule has 1 saturated heterocycles. The van der Waals surface area contributed by atoms with Crippen LogP contribution in [0.1, 0.15) is 31.4 Å². The Kier molecular flexibility index (Phi) is 5.08. The molecule has 0 amide bonds. The first kappa shape index (κ1) is 14.9. The van der Waals surface area contributed by atoms with Crippen molar-refractivity contribution in [3.8, 4) is 0 Å². The normalized spacial score (nSPS) is 21.8. The quantitative estimate of drug-likeness (QED) is 0.768. The van der Waals surface area contributed by atoms with Crippen molar-refractivity contribution in [2.45, 2.75) is 50.7 Å². The molecule has 1 aliphatic rings. The largest absolute Gasteiger partial charge is 0.480 e. The van der Waals surface area contributed by atoms with Gasteiger partial charge in [-0.05, 0) is 32.9 Å². The second-order valence-electron chi connectivity index (χ2n) is 5.54. The van der Waals surface area contributed by atoms with Crippen molar-refractivity contribution in [1.82, 2.24) is 19.9 Å². The highest BCUT2D eigenvalue weighted by Gasteiger charge is 2.19. The third-order valence-electron chi connectivity index (χ3n) is 3.95. The molecule has 2 unspecified atom stereocenters. The van der Waals surface area contributed by atoms with Crippen molar-refractivity contribution < 1.29 is 9.90 Å². The van der Waals surface area contributed by atoms with Crippen molar-refractivity contribution >= 4 is 5.97 Å². The highest BCUT2D eigenvalue weighted by molar-refractivity contribution is 5.73. The number of aromatic nitrogens is 3. The van der Waals surface area contributed by atoms with Gasteiger partial charge in [-0.15, -0.1) is 5.10 Å². The number of hydrogen-bond acceptors (Lipinski definition) is 5. The Labute approximate surface area is 118 Å². The van der Waals surface area contributed by atoms with E-state index in [1.165, 1.54) is 25.8 Å². The first-order valence-corrected chi connectivity index (χ1v) is 7.14. The molecule has 0 aromatic carbocycles. The summed E-state index contributed by atoms with van der Waals surface area (Å²) < 4.78 is 1.78. The fraction of sp³-hybridized carbons (Fsp3) is 0.769. The molecule has 0 spiro atoms. The van der Waals surface area contributed by atoms with E-state index in [4.69, 9.17) is 10.8 Å². The maximum absolute atomic E-state index is 10.7. The number of aryl methyl sites for hydroxylation is 1. The van der Waals surface area contributed by atoms with E-state index in [0.29, 0.717) is 11.7 Å². The van der Waals surface area contributed by atoms with Gasteiger partial charge in [0.15, 0.2) is 0 Å². The Bertz CT molecular complexity index is 448. The van der Waals surface area contributed by atoms with Crippen LogP contribution in [0.2, 0.25) is 0 Å². The van der Waals surface area contributed by atoms with Gasteiger partial charge in [0.1, 0.15) is 6.04 Å².